The van der Waals surface area contributed by atoms with Crippen molar-refractivity contribution in [1.82, 2.24) is 4.90 Å². The monoisotopic (exact) mass is 215 g/mol. The molecule has 1 aliphatic rings. The van der Waals surface area contributed by atoms with Crippen molar-refractivity contribution in [2.24, 2.45) is 0 Å². The van der Waals surface area contributed by atoms with E-state index in [2.05, 4.69) is 4.90 Å². The van der Waals surface area contributed by atoms with Crippen LogP contribution in [-0.2, 0) is 0 Å². The Morgan fingerprint density at radius 3 is 2.80 bits per heavy atom. The first-order chi connectivity index (χ1) is 7.24. The molecule has 1 heterocycles. The summed E-state index contributed by atoms with van der Waals surface area (Å²) in [5.74, 6) is 0. The van der Waals surface area contributed by atoms with Gasteiger partial charge in [0.1, 0.15) is 0 Å². The standard InChI is InChI=1S/C12H25NO2/c1-11(15)10-12-6-2-3-7-13(12)8-4-5-9-14/h11-12,14-15H,2-10H2,1H3. The smallest absolute Gasteiger partial charge is 0.0527 e. The molecule has 0 aromatic carbocycles. The van der Waals surface area contributed by atoms with E-state index < -0.39 is 0 Å². The number of unbranched alkanes of at least 4 members (excludes halogenated alkanes) is 1. The molecule has 0 saturated carbocycles. The van der Waals surface area contributed by atoms with E-state index in [-0.39, 0.29) is 6.10 Å². The molecule has 2 atom stereocenters. The Morgan fingerprint density at radius 2 is 2.13 bits per heavy atom. The first-order valence-corrected chi connectivity index (χ1v) is 6.27. The lowest BCUT2D eigenvalue weighted by Crippen LogP contribution is -2.41. The van der Waals surface area contributed by atoms with Gasteiger partial charge >= 0.3 is 0 Å². The largest absolute Gasteiger partial charge is 0.396 e. The number of hydrogen-bond acceptors (Lipinski definition) is 3. The molecule has 2 N–H and O–H groups in total. The summed E-state index contributed by atoms with van der Waals surface area (Å²) in [5.41, 5.74) is 0. The van der Waals surface area contributed by atoms with Gasteiger partial charge in [0.05, 0.1) is 6.10 Å². The SMILES string of the molecule is CC(O)CC1CCCCN1CCCCO. The van der Waals surface area contributed by atoms with Crippen molar-refractivity contribution in [3.8, 4) is 0 Å². The summed E-state index contributed by atoms with van der Waals surface area (Å²) in [6.07, 6.45) is 6.51. The molecule has 15 heavy (non-hydrogen) atoms. The van der Waals surface area contributed by atoms with Crippen LogP contribution < -0.4 is 0 Å². The fourth-order valence-electron chi connectivity index (χ4n) is 2.44. The molecule has 0 bridgehead atoms. The van der Waals surface area contributed by atoms with E-state index >= 15 is 0 Å². The Balaban J connectivity index is 2.29. The Bertz CT molecular complexity index is 162. The maximum Gasteiger partial charge on any atom is 0.0527 e. The van der Waals surface area contributed by atoms with Crippen molar-refractivity contribution in [3.63, 3.8) is 0 Å². The van der Waals surface area contributed by atoms with E-state index in [0.29, 0.717) is 12.6 Å². The third-order valence-corrected chi connectivity index (χ3v) is 3.22. The van der Waals surface area contributed by atoms with Crippen molar-refractivity contribution >= 4 is 0 Å². The Morgan fingerprint density at radius 1 is 1.33 bits per heavy atom. The van der Waals surface area contributed by atoms with Crippen LogP contribution in [0.4, 0.5) is 0 Å². The van der Waals surface area contributed by atoms with Crippen LogP contribution in [0.5, 0.6) is 0 Å². The lowest BCUT2D eigenvalue weighted by atomic mass is 9.97. The van der Waals surface area contributed by atoms with Crippen LogP contribution in [-0.4, -0.2) is 47.0 Å². The number of nitrogens with zero attached hydrogens (tertiary/aromatic N) is 1. The third kappa shape index (κ3) is 4.96. The molecule has 1 rings (SSSR count). The number of aliphatic hydroxyl groups is 2. The Kier molecular flexibility index (Phi) is 6.22. The van der Waals surface area contributed by atoms with Gasteiger partial charge < -0.3 is 15.1 Å². The highest BCUT2D eigenvalue weighted by molar-refractivity contribution is 4.78. The van der Waals surface area contributed by atoms with Gasteiger partial charge in [0.25, 0.3) is 0 Å². The lowest BCUT2D eigenvalue weighted by molar-refractivity contribution is 0.0844. The fourth-order valence-corrected chi connectivity index (χ4v) is 2.44. The quantitative estimate of drug-likeness (QED) is 0.658. The predicted molar refractivity (Wildman–Crippen MR) is 61.8 cm³/mol. The van der Waals surface area contributed by atoms with Gasteiger partial charge in [0, 0.05) is 12.6 Å². The van der Waals surface area contributed by atoms with Gasteiger partial charge in [-0.2, -0.15) is 0 Å². The molecular weight excluding hydrogens is 190 g/mol. The first kappa shape index (κ1) is 12.9. The van der Waals surface area contributed by atoms with E-state index in [4.69, 9.17) is 5.11 Å². The topological polar surface area (TPSA) is 43.7 Å². The second kappa shape index (κ2) is 7.20. The molecule has 0 radical (unpaired) electrons. The molecule has 2 unspecified atom stereocenters. The fraction of sp³-hybridized carbons (Fsp3) is 1.00. The van der Waals surface area contributed by atoms with Crippen LogP contribution in [0.1, 0.15) is 45.4 Å². The molecule has 1 saturated heterocycles. The van der Waals surface area contributed by atoms with Gasteiger partial charge in [0.15, 0.2) is 0 Å². The molecule has 0 aromatic rings. The normalized spacial score (nSPS) is 25.4. The second-order valence-electron chi connectivity index (χ2n) is 4.70. The van der Waals surface area contributed by atoms with Crippen LogP contribution >= 0.6 is 0 Å². The summed E-state index contributed by atoms with van der Waals surface area (Å²) in [6, 6.07) is 0.567. The number of hydrogen-bond donors (Lipinski definition) is 2. The molecule has 90 valence electrons. The maximum absolute atomic E-state index is 9.43. The molecule has 0 aromatic heterocycles. The molecule has 3 nitrogen and oxygen atoms in total. The van der Waals surface area contributed by atoms with Gasteiger partial charge in [0.2, 0.25) is 0 Å². The predicted octanol–water partition coefficient (Wildman–Crippen LogP) is 1.38. The highest BCUT2D eigenvalue weighted by atomic mass is 16.3. The maximum atomic E-state index is 9.43. The van der Waals surface area contributed by atoms with E-state index in [1.54, 1.807) is 0 Å². The average Bonchev–Trinajstić information content (AvgIpc) is 2.20. The van der Waals surface area contributed by atoms with E-state index in [1.807, 2.05) is 6.92 Å². The summed E-state index contributed by atoms with van der Waals surface area (Å²) in [4.78, 5) is 2.49. The van der Waals surface area contributed by atoms with Crippen molar-refractivity contribution in [2.75, 3.05) is 19.7 Å². The average molecular weight is 215 g/mol. The minimum absolute atomic E-state index is 0.187. The van der Waals surface area contributed by atoms with Crippen LogP contribution in [0.15, 0.2) is 0 Å². The van der Waals surface area contributed by atoms with Gasteiger partial charge in [-0.25, -0.2) is 0 Å². The van der Waals surface area contributed by atoms with E-state index in [1.165, 1.54) is 25.8 Å². The van der Waals surface area contributed by atoms with Gasteiger partial charge in [-0.15, -0.1) is 0 Å². The summed E-state index contributed by atoms with van der Waals surface area (Å²) in [7, 11) is 0. The van der Waals surface area contributed by atoms with Crippen molar-refractivity contribution in [3.05, 3.63) is 0 Å². The Hall–Kier alpha value is -0.120. The van der Waals surface area contributed by atoms with E-state index in [9.17, 15) is 5.11 Å². The number of rotatable bonds is 6. The van der Waals surface area contributed by atoms with Crippen LogP contribution in [0, 0.1) is 0 Å². The highest BCUT2D eigenvalue weighted by Gasteiger charge is 2.22. The molecule has 0 aliphatic carbocycles. The lowest BCUT2D eigenvalue weighted by Gasteiger charge is -2.36. The summed E-state index contributed by atoms with van der Waals surface area (Å²) in [6.45, 7) is 4.43. The number of aliphatic hydroxyl groups excluding tert-OH is 2. The minimum atomic E-state index is -0.187. The van der Waals surface area contributed by atoms with Crippen molar-refractivity contribution in [2.45, 2.75) is 57.6 Å². The third-order valence-electron chi connectivity index (χ3n) is 3.22. The van der Waals surface area contributed by atoms with E-state index in [0.717, 1.165) is 25.8 Å². The molecule has 3 heteroatoms. The zero-order valence-corrected chi connectivity index (χ0v) is 9.86. The number of likely N-dealkylation sites (tertiary alicyclic amines) is 1. The summed E-state index contributed by atoms with van der Waals surface area (Å²) < 4.78 is 0. The van der Waals surface area contributed by atoms with Crippen LogP contribution in [0.3, 0.4) is 0 Å². The van der Waals surface area contributed by atoms with Crippen molar-refractivity contribution < 1.29 is 10.2 Å². The second-order valence-corrected chi connectivity index (χ2v) is 4.70. The molecule has 0 spiro atoms. The summed E-state index contributed by atoms with van der Waals surface area (Å²) in [5, 5.41) is 18.2. The minimum Gasteiger partial charge on any atom is -0.396 e. The van der Waals surface area contributed by atoms with Crippen molar-refractivity contribution in [1.29, 1.82) is 0 Å². The zero-order chi connectivity index (χ0) is 11.1. The molecule has 0 amide bonds. The van der Waals surface area contributed by atoms with Crippen LogP contribution in [0.2, 0.25) is 0 Å². The zero-order valence-electron chi connectivity index (χ0n) is 9.86. The van der Waals surface area contributed by atoms with Gasteiger partial charge in [-0.3, -0.25) is 0 Å². The van der Waals surface area contributed by atoms with Gasteiger partial charge in [-0.1, -0.05) is 6.42 Å². The van der Waals surface area contributed by atoms with Crippen LogP contribution in [0.25, 0.3) is 0 Å². The number of piperidine rings is 1. The summed E-state index contributed by atoms with van der Waals surface area (Å²) >= 11 is 0. The Labute approximate surface area is 93.1 Å². The first-order valence-electron chi connectivity index (χ1n) is 6.27. The molecular formula is C12H25NO2. The molecule has 1 fully saturated rings. The van der Waals surface area contributed by atoms with Gasteiger partial charge in [-0.05, 0) is 52.1 Å². The highest BCUT2D eigenvalue weighted by Crippen LogP contribution is 2.21. The molecule has 1 aliphatic heterocycles.